The Bertz CT molecular complexity index is 1210. The van der Waals surface area contributed by atoms with Crippen molar-refractivity contribution in [1.82, 2.24) is 15.3 Å². The van der Waals surface area contributed by atoms with Crippen molar-refractivity contribution in [3.05, 3.63) is 107 Å². The molecule has 7 heteroatoms. The molecule has 1 heterocycles. The van der Waals surface area contributed by atoms with Gasteiger partial charge >= 0.3 is 0 Å². The van der Waals surface area contributed by atoms with Crippen LogP contribution in [-0.2, 0) is 6.54 Å². The minimum Gasteiger partial charge on any atom is -0.348 e. The predicted molar refractivity (Wildman–Crippen MR) is 120 cm³/mol. The van der Waals surface area contributed by atoms with Crippen molar-refractivity contribution in [2.24, 2.45) is 0 Å². The average Bonchev–Trinajstić information content (AvgIpc) is 2.79. The monoisotopic (exact) mass is 432 g/mol. The van der Waals surface area contributed by atoms with Crippen LogP contribution in [0.5, 0.6) is 0 Å². The molecule has 4 aromatic rings. The van der Waals surface area contributed by atoms with Gasteiger partial charge in [-0.15, -0.1) is 0 Å². The van der Waals surface area contributed by atoms with Crippen molar-refractivity contribution in [1.29, 1.82) is 0 Å². The summed E-state index contributed by atoms with van der Waals surface area (Å²) in [6.45, 7) is 0.336. The van der Waals surface area contributed by atoms with Crippen LogP contribution < -0.4 is 10.6 Å². The van der Waals surface area contributed by atoms with Crippen molar-refractivity contribution in [2.45, 2.75) is 6.54 Å². The first-order valence-corrected chi connectivity index (χ1v) is 9.94. The summed E-state index contributed by atoms with van der Waals surface area (Å²) in [6, 6.07) is 22.2. The number of carbonyl (C=O) groups is 1. The Morgan fingerprint density at radius 1 is 0.968 bits per heavy atom. The molecule has 0 spiro atoms. The second-order valence-electron chi connectivity index (χ2n) is 6.75. The van der Waals surface area contributed by atoms with Crippen LogP contribution >= 0.6 is 11.6 Å². The SMILES string of the molecule is O=C(NCc1ccccc1Cl)c1cccc(Nc2ccnc(-c3ccc(F)cc3)n2)c1. The number of anilines is 2. The second kappa shape index (κ2) is 9.36. The number of carbonyl (C=O) groups excluding carboxylic acids is 1. The van der Waals surface area contributed by atoms with E-state index in [1.54, 1.807) is 48.7 Å². The number of amides is 1. The van der Waals surface area contributed by atoms with Gasteiger partial charge in [0.15, 0.2) is 5.82 Å². The van der Waals surface area contributed by atoms with E-state index in [1.165, 1.54) is 12.1 Å². The third kappa shape index (κ3) is 5.24. The van der Waals surface area contributed by atoms with Crippen molar-refractivity contribution in [3.63, 3.8) is 0 Å². The van der Waals surface area contributed by atoms with Crippen LogP contribution in [0.2, 0.25) is 5.02 Å². The number of aromatic nitrogens is 2. The normalized spacial score (nSPS) is 10.5. The van der Waals surface area contributed by atoms with Gasteiger partial charge < -0.3 is 10.6 Å². The number of hydrogen-bond donors (Lipinski definition) is 2. The molecule has 0 saturated heterocycles. The molecule has 31 heavy (non-hydrogen) atoms. The predicted octanol–water partition coefficient (Wildman–Crippen LogP) is 5.61. The Kier molecular flexibility index (Phi) is 6.19. The maximum Gasteiger partial charge on any atom is 0.251 e. The summed E-state index contributed by atoms with van der Waals surface area (Å²) in [4.78, 5) is 21.3. The lowest BCUT2D eigenvalue weighted by Gasteiger charge is -2.10. The van der Waals surface area contributed by atoms with Gasteiger partial charge in [0.25, 0.3) is 5.91 Å². The summed E-state index contributed by atoms with van der Waals surface area (Å²) in [5, 5.41) is 6.66. The quantitative estimate of drug-likeness (QED) is 0.415. The summed E-state index contributed by atoms with van der Waals surface area (Å²) in [7, 11) is 0. The Morgan fingerprint density at radius 3 is 2.58 bits per heavy atom. The number of rotatable bonds is 6. The van der Waals surface area contributed by atoms with E-state index in [1.807, 2.05) is 24.3 Å². The third-order valence-corrected chi connectivity index (χ3v) is 4.92. The first-order valence-electron chi connectivity index (χ1n) is 9.56. The summed E-state index contributed by atoms with van der Waals surface area (Å²) < 4.78 is 13.2. The van der Waals surface area contributed by atoms with Gasteiger partial charge in [-0.3, -0.25) is 4.79 Å². The van der Waals surface area contributed by atoms with Gasteiger partial charge in [-0.25, -0.2) is 14.4 Å². The fourth-order valence-corrected chi connectivity index (χ4v) is 3.17. The zero-order valence-corrected chi connectivity index (χ0v) is 17.1. The smallest absolute Gasteiger partial charge is 0.251 e. The largest absolute Gasteiger partial charge is 0.348 e. The molecular formula is C24H18ClFN4O. The highest BCUT2D eigenvalue weighted by atomic mass is 35.5. The second-order valence-corrected chi connectivity index (χ2v) is 7.16. The maximum atomic E-state index is 13.2. The molecule has 2 N–H and O–H groups in total. The van der Waals surface area contributed by atoms with Crippen molar-refractivity contribution in [3.8, 4) is 11.4 Å². The van der Waals surface area contributed by atoms with Crippen LogP contribution in [0.1, 0.15) is 15.9 Å². The highest BCUT2D eigenvalue weighted by Gasteiger charge is 2.09. The van der Waals surface area contributed by atoms with Crippen molar-refractivity contribution < 1.29 is 9.18 Å². The van der Waals surface area contributed by atoms with Crippen LogP contribution in [0.25, 0.3) is 11.4 Å². The average molecular weight is 433 g/mol. The lowest BCUT2D eigenvalue weighted by Crippen LogP contribution is -2.22. The third-order valence-electron chi connectivity index (χ3n) is 4.55. The Balaban J connectivity index is 1.46. The lowest BCUT2D eigenvalue weighted by atomic mass is 10.1. The van der Waals surface area contributed by atoms with Gasteiger partial charge in [0.05, 0.1) is 0 Å². The van der Waals surface area contributed by atoms with E-state index in [9.17, 15) is 9.18 Å². The highest BCUT2D eigenvalue weighted by molar-refractivity contribution is 6.31. The molecule has 1 aromatic heterocycles. The summed E-state index contributed by atoms with van der Waals surface area (Å²) in [6.07, 6.45) is 1.62. The summed E-state index contributed by atoms with van der Waals surface area (Å²) in [5.41, 5.74) is 2.76. The van der Waals surface area contributed by atoms with E-state index in [4.69, 9.17) is 11.6 Å². The van der Waals surface area contributed by atoms with E-state index in [0.29, 0.717) is 40.0 Å². The Hall–Kier alpha value is -3.77. The molecule has 0 saturated carbocycles. The van der Waals surface area contributed by atoms with Gasteiger partial charge in [0, 0.05) is 34.6 Å². The number of hydrogen-bond acceptors (Lipinski definition) is 4. The fraction of sp³-hybridized carbons (Fsp3) is 0.0417. The topological polar surface area (TPSA) is 66.9 Å². The van der Waals surface area contributed by atoms with E-state index < -0.39 is 0 Å². The zero-order chi connectivity index (χ0) is 21.6. The molecule has 0 aliphatic heterocycles. The zero-order valence-electron chi connectivity index (χ0n) is 16.3. The Morgan fingerprint density at radius 2 is 1.77 bits per heavy atom. The lowest BCUT2D eigenvalue weighted by molar-refractivity contribution is 0.0951. The molecule has 4 rings (SSSR count). The minimum atomic E-state index is -0.317. The standard InChI is InChI=1S/C24H18ClFN4O/c25-21-7-2-1-4-18(21)15-28-24(31)17-5-3-6-20(14-17)29-22-12-13-27-23(30-22)16-8-10-19(26)11-9-16/h1-14H,15H2,(H,28,31)(H,27,29,30). The number of nitrogens with zero attached hydrogens (tertiary/aromatic N) is 2. The van der Waals surface area contributed by atoms with E-state index in [2.05, 4.69) is 20.6 Å². The van der Waals surface area contributed by atoms with Crippen LogP contribution in [0.15, 0.2) is 85.1 Å². The molecule has 1 amide bonds. The molecule has 0 radical (unpaired) electrons. The number of nitrogens with one attached hydrogen (secondary N) is 2. The number of halogens is 2. The first kappa shape index (κ1) is 20.5. The Labute approximate surface area is 184 Å². The molecule has 0 fully saturated rings. The van der Waals surface area contributed by atoms with Crippen LogP contribution in [0.3, 0.4) is 0 Å². The molecule has 0 bridgehead atoms. The number of benzene rings is 3. The van der Waals surface area contributed by atoms with Crippen LogP contribution in [-0.4, -0.2) is 15.9 Å². The summed E-state index contributed by atoms with van der Waals surface area (Å²) in [5.74, 6) is 0.502. The van der Waals surface area contributed by atoms with E-state index in [-0.39, 0.29) is 11.7 Å². The van der Waals surface area contributed by atoms with Crippen molar-refractivity contribution in [2.75, 3.05) is 5.32 Å². The van der Waals surface area contributed by atoms with Gasteiger partial charge in [-0.05, 0) is 60.2 Å². The van der Waals surface area contributed by atoms with E-state index >= 15 is 0 Å². The van der Waals surface area contributed by atoms with E-state index in [0.717, 1.165) is 5.56 Å². The molecular weight excluding hydrogens is 415 g/mol. The van der Waals surface area contributed by atoms with Gasteiger partial charge in [-0.2, -0.15) is 0 Å². The highest BCUT2D eigenvalue weighted by Crippen LogP contribution is 2.20. The molecule has 0 unspecified atom stereocenters. The molecule has 0 aliphatic carbocycles. The van der Waals surface area contributed by atoms with Crippen LogP contribution in [0.4, 0.5) is 15.9 Å². The van der Waals surface area contributed by atoms with Gasteiger partial charge in [-0.1, -0.05) is 35.9 Å². The van der Waals surface area contributed by atoms with Gasteiger partial charge in [0.1, 0.15) is 11.6 Å². The molecule has 3 aromatic carbocycles. The molecule has 154 valence electrons. The maximum absolute atomic E-state index is 13.2. The summed E-state index contributed by atoms with van der Waals surface area (Å²) >= 11 is 6.14. The van der Waals surface area contributed by atoms with Gasteiger partial charge in [0.2, 0.25) is 0 Å². The molecule has 0 aliphatic rings. The van der Waals surface area contributed by atoms with Crippen LogP contribution in [0, 0.1) is 5.82 Å². The molecule has 0 atom stereocenters. The van der Waals surface area contributed by atoms with Crippen molar-refractivity contribution >= 4 is 29.0 Å². The first-order chi connectivity index (χ1) is 15.1. The molecule has 5 nitrogen and oxygen atoms in total. The minimum absolute atomic E-state index is 0.210. The fourth-order valence-electron chi connectivity index (χ4n) is 2.97.